The van der Waals surface area contributed by atoms with Crippen LogP contribution in [0.15, 0.2) is 82.6 Å². The van der Waals surface area contributed by atoms with Crippen molar-refractivity contribution in [1.82, 2.24) is 0 Å². The van der Waals surface area contributed by atoms with Gasteiger partial charge in [-0.05, 0) is 61.9 Å². The number of carbonyl (C=O) groups is 1. The second-order valence-corrected chi connectivity index (χ2v) is 8.75. The van der Waals surface area contributed by atoms with Crippen molar-refractivity contribution in [3.05, 3.63) is 94.4 Å². The molecule has 0 saturated heterocycles. The normalized spacial score (nSPS) is 11.5. The van der Waals surface area contributed by atoms with E-state index in [1.165, 1.54) is 30.3 Å². The first kappa shape index (κ1) is 22.8. The lowest BCUT2D eigenvalue weighted by Gasteiger charge is -2.12. The maximum Gasteiger partial charge on any atom is 0.343 e. The number of ether oxygens (including phenoxy) is 2. The molecule has 0 saturated carbocycles. The van der Waals surface area contributed by atoms with Crippen LogP contribution in [0.4, 0.5) is 0 Å². The Morgan fingerprint density at radius 1 is 1.00 bits per heavy atom. The number of allylic oxidation sites excluding steroid dienone is 1. The first-order valence-electron chi connectivity index (χ1n) is 9.82. The van der Waals surface area contributed by atoms with Gasteiger partial charge >= 0.3 is 5.97 Å². The number of nitriles is 1. The standard InChI is InChI=1S/C25H21NO5S/c1-3-30-24-16-19(15-22(17-26)32(28,29)21-10-5-4-6-11-21)12-13-23(24)31-25(27)20-9-7-8-18(2)14-20/h4-16H,3H2,1-2H3. The van der Waals surface area contributed by atoms with E-state index in [4.69, 9.17) is 9.47 Å². The number of nitrogens with zero attached hydrogens (tertiary/aromatic N) is 1. The summed E-state index contributed by atoms with van der Waals surface area (Å²) in [6, 6.07) is 21.1. The number of hydrogen-bond acceptors (Lipinski definition) is 6. The molecular formula is C25H21NO5S. The van der Waals surface area contributed by atoms with Crippen LogP contribution in [0.3, 0.4) is 0 Å². The van der Waals surface area contributed by atoms with Crippen LogP contribution < -0.4 is 9.47 Å². The quantitative estimate of drug-likeness (QED) is 0.289. The zero-order valence-electron chi connectivity index (χ0n) is 17.6. The van der Waals surface area contributed by atoms with Gasteiger partial charge in [0.15, 0.2) is 11.5 Å². The van der Waals surface area contributed by atoms with Gasteiger partial charge in [0.05, 0.1) is 17.1 Å². The first-order valence-corrected chi connectivity index (χ1v) is 11.3. The number of aryl methyl sites for hydroxylation is 1. The molecule has 0 aromatic heterocycles. The maximum atomic E-state index is 12.8. The summed E-state index contributed by atoms with van der Waals surface area (Å²) >= 11 is 0. The van der Waals surface area contributed by atoms with Gasteiger partial charge in [0.1, 0.15) is 11.0 Å². The molecule has 0 fully saturated rings. The van der Waals surface area contributed by atoms with Crippen molar-refractivity contribution < 1.29 is 22.7 Å². The summed E-state index contributed by atoms with van der Waals surface area (Å²) in [4.78, 5) is 12.1. The summed E-state index contributed by atoms with van der Waals surface area (Å²) < 4.78 is 36.6. The molecule has 0 spiro atoms. The molecular weight excluding hydrogens is 426 g/mol. The van der Waals surface area contributed by atoms with Crippen LogP contribution in [0.1, 0.15) is 28.4 Å². The van der Waals surface area contributed by atoms with Gasteiger partial charge in [0, 0.05) is 0 Å². The molecule has 0 amide bonds. The molecule has 6 nitrogen and oxygen atoms in total. The summed E-state index contributed by atoms with van der Waals surface area (Å²) in [6.07, 6.45) is 1.26. The summed E-state index contributed by atoms with van der Waals surface area (Å²) in [7, 11) is -3.97. The van der Waals surface area contributed by atoms with Crippen molar-refractivity contribution in [2.75, 3.05) is 6.61 Å². The zero-order valence-corrected chi connectivity index (χ0v) is 18.4. The van der Waals surface area contributed by atoms with Crippen molar-refractivity contribution in [2.24, 2.45) is 0 Å². The Morgan fingerprint density at radius 3 is 2.41 bits per heavy atom. The van der Waals surface area contributed by atoms with E-state index >= 15 is 0 Å². The smallest absolute Gasteiger partial charge is 0.343 e. The lowest BCUT2D eigenvalue weighted by atomic mass is 10.1. The van der Waals surface area contributed by atoms with Crippen molar-refractivity contribution in [1.29, 1.82) is 5.26 Å². The highest BCUT2D eigenvalue weighted by Gasteiger charge is 2.21. The Bertz CT molecular complexity index is 1310. The predicted molar refractivity (Wildman–Crippen MR) is 121 cm³/mol. The van der Waals surface area contributed by atoms with E-state index in [2.05, 4.69) is 0 Å². The van der Waals surface area contributed by atoms with E-state index in [1.54, 1.807) is 55.5 Å². The minimum Gasteiger partial charge on any atom is -0.490 e. The van der Waals surface area contributed by atoms with Crippen LogP contribution in [0, 0.1) is 18.3 Å². The molecule has 0 unspecified atom stereocenters. The Morgan fingerprint density at radius 2 is 1.75 bits per heavy atom. The number of sulfone groups is 1. The largest absolute Gasteiger partial charge is 0.490 e. The van der Waals surface area contributed by atoms with Crippen LogP contribution in [0.2, 0.25) is 0 Å². The molecule has 0 radical (unpaired) electrons. The van der Waals surface area contributed by atoms with Crippen LogP contribution in [-0.4, -0.2) is 21.0 Å². The van der Waals surface area contributed by atoms with E-state index < -0.39 is 20.7 Å². The van der Waals surface area contributed by atoms with Gasteiger partial charge in [-0.1, -0.05) is 42.0 Å². The second kappa shape index (κ2) is 9.94. The number of esters is 1. The first-order chi connectivity index (χ1) is 15.3. The lowest BCUT2D eigenvalue weighted by Crippen LogP contribution is -2.10. The number of benzene rings is 3. The van der Waals surface area contributed by atoms with Gasteiger partial charge in [-0.2, -0.15) is 5.26 Å². The van der Waals surface area contributed by atoms with E-state index in [-0.39, 0.29) is 16.4 Å². The Kier molecular flexibility index (Phi) is 7.08. The third-order valence-electron chi connectivity index (χ3n) is 4.48. The van der Waals surface area contributed by atoms with Crippen LogP contribution in [0.5, 0.6) is 11.5 Å². The third kappa shape index (κ3) is 5.23. The number of rotatable bonds is 7. The summed E-state index contributed by atoms with van der Waals surface area (Å²) in [5.41, 5.74) is 1.74. The minimum atomic E-state index is -3.97. The second-order valence-electron chi connectivity index (χ2n) is 6.84. The molecule has 3 aromatic rings. The maximum absolute atomic E-state index is 12.8. The zero-order chi connectivity index (χ0) is 23.1. The Hall–Kier alpha value is -3.89. The molecule has 0 N–H and O–H groups in total. The SMILES string of the molecule is CCOc1cc(C=C(C#N)S(=O)(=O)c2ccccc2)ccc1OC(=O)c1cccc(C)c1. The molecule has 3 rings (SSSR count). The average molecular weight is 448 g/mol. The van der Waals surface area contributed by atoms with Crippen LogP contribution in [-0.2, 0) is 9.84 Å². The van der Waals surface area contributed by atoms with Crippen molar-refractivity contribution >= 4 is 21.9 Å². The van der Waals surface area contributed by atoms with E-state index in [0.29, 0.717) is 17.7 Å². The van der Waals surface area contributed by atoms with Crippen LogP contribution in [0.25, 0.3) is 6.08 Å². The van der Waals surface area contributed by atoms with Gasteiger partial charge in [-0.3, -0.25) is 0 Å². The van der Waals surface area contributed by atoms with E-state index in [9.17, 15) is 18.5 Å². The van der Waals surface area contributed by atoms with Crippen LogP contribution >= 0.6 is 0 Å². The summed E-state index contributed by atoms with van der Waals surface area (Å²) in [6.45, 7) is 3.95. The summed E-state index contributed by atoms with van der Waals surface area (Å²) in [5, 5.41) is 9.48. The molecule has 7 heteroatoms. The molecule has 0 heterocycles. The van der Waals surface area contributed by atoms with Crippen molar-refractivity contribution in [2.45, 2.75) is 18.7 Å². The monoisotopic (exact) mass is 447 g/mol. The fraction of sp³-hybridized carbons (Fsp3) is 0.120. The average Bonchev–Trinajstić information content (AvgIpc) is 2.79. The minimum absolute atomic E-state index is 0.0292. The molecule has 32 heavy (non-hydrogen) atoms. The molecule has 3 aromatic carbocycles. The van der Waals surface area contributed by atoms with Gasteiger partial charge in [0.2, 0.25) is 9.84 Å². The highest BCUT2D eigenvalue weighted by molar-refractivity contribution is 7.95. The van der Waals surface area contributed by atoms with Gasteiger partial charge in [-0.15, -0.1) is 0 Å². The number of carbonyl (C=O) groups excluding carboxylic acids is 1. The lowest BCUT2D eigenvalue weighted by molar-refractivity contribution is 0.0728. The van der Waals surface area contributed by atoms with E-state index in [0.717, 1.165) is 5.56 Å². The van der Waals surface area contributed by atoms with Gasteiger partial charge in [-0.25, -0.2) is 13.2 Å². The number of hydrogen-bond donors (Lipinski definition) is 0. The highest BCUT2D eigenvalue weighted by atomic mass is 32.2. The highest BCUT2D eigenvalue weighted by Crippen LogP contribution is 2.31. The fourth-order valence-electron chi connectivity index (χ4n) is 2.95. The molecule has 0 aliphatic rings. The Labute approximate surface area is 187 Å². The third-order valence-corrected chi connectivity index (χ3v) is 6.16. The predicted octanol–water partition coefficient (Wildman–Crippen LogP) is 4.95. The topological polar surface area (TPSA) is 93.5 Å². The summed E-state index contributed by atoms with van der Waals surface area (Å²) in [5.74, 6) is -0.0844. The molecule has 0 bridgehead atoms. The Balaban J connectivity index is 1.94. The van der Waals surface area contributed by atoms with Gasteiger partial charge in [0.25, 0.3) is 0 Å². The van der Waals surface area contributed by atoms with Crippen molar-refractivity contribution in [3.63, 3.8) is 0 Å². The molecule has 0 atom stereocenters. The molecule has 0 aliphatic heterocycles. The van der Waals surface area contributed by atoms with Crippen molar-refractivity contribution in [3.8, 4) is 17.6 Å². The van der Waals surface area contributed by atoms with E-state index in [1.807, 2.05) is 13.0 Å². The molecule has 162 valence electrons. The van der Waals surface area contributed by atoms with Gasteiger partial charge < -0.3 is 9.47 Å². The molecule has 0 aliphatic carbocycles. The fourth-order valence-corrected chi connectivity index (χ4v) is 4.13.